The molecule has 0 radical (unpaired) electrons. The molecule has 0 aliphatic rings. The minimum Gasteiger partial charge on any atom is -0.377 e. The van der Waals surface area contributed by atoms with Gasteiger partial charge in [0.25, 0.3) is 0 Å². The second kappa shape index (κ2) is 5.15. The molecule has 1 heterocycles. The van der Waals surface area contributed by atoms with E-state index in [2.05, 4.69) is 10.3 Å². The summed E-state index contributed by atoms with van der Waals surface area (Å²) in [4.78, 5) is 4.07. The van der Waals surface area contributed by atoms with Crippen LogP contribution < -0.4 is 5.32 Å². The minimum atomic E-state index is -0.295. The van der Waals surface area contributed by atoms with Crippen LogP contribution in [0.4, 0.5) is 5.82 Å². The second-order valence-electron chi connectivity index (χ2n) is 3.99. The number of aromatic nitrogens is 1. The predicted molar refractivity (Wildman–Crippen MR) is 63.5 cm³/mol. The molecule has 1 rings (SSSR count). The number of rotatable bonds is 4. The van der Waals surface area contributed by atoms with Crippen LogP contribution in [-0.4, -0.2) is 24.2 Å². The van der Waals surface area contributed by atoms with Crippen LogP contribution in [0.3, 0.4) is 0 Å². The van der Waals surface area contributed by atoms with Crippen LogP contribution >= 0.6 is 11.6 Å². The highest BCUT2D eigenvalue weighted by atomic mass is 35.5. The normalized spacial score (nSPS) is 10.9. The van der Waals surface area contributed by atoms with Crippen LogP contribution in [0, 0.1) is 11.3 Å². The molecule has 4 nitrogen and oxygen atoms in total. The molecule has 86 valence electrons. The first-order valence-electron chi connectivity index (χ1n) is 4.83. The lowest BCUT2D eigenvalue weighted by Crippen LogP contribution is -2.32. The van der Waals surface area contributed by atoms with Gasteiger partial charge in [0.1, 0.15) is 11.0 Å². The average molecular weight is 240 g/mol. The van der Waals surface area contributed by atoms with Crippen molar-refractivity contribution in [2.75, 3.05) is 19.0 Å². The van der Waals surface area contributed by atoms with Crippen LogP contribution in [0.15, 0.2) is 12.1 Å². The van der Waals surface area contributed by atoms with Gasteiger partial charge in [-0.3, -0.25) is 0 Å². The molecule has 1 N–H and O–H groups in total. The Hall–Kier alpha value is -1.31. The highest BCUT2D eigenvalue weighted by Crippen LogP contribution is 2.15. The lowest BCUT2D eigenvalue weighted by atomic mass is 10.1. The van der Waals surface area contributed by atoms with Crippen molar-refractivity contribution in [3.05, 3.63) is 22.8 Å². The molecule has 0 bridgehead atoms. The molecule has 0 fully saturated rings. The summed E-state index contributed by atoms with van der Waals surface area (Å²) in [5.41, 5.74) is 0.189. The number of ether oxygens (including phenoxy) is 1. The number of anilines is 1. The molecular weight excluding hydrogens is 226 g/mol. The highest BCUT2D eigenvalue weighted by Gasteiger charge is 2.16. The zero-order valence-electron chi connectivity index (χ0n) is 9.54. The smallest absolute Gasteiger partial charge is 0.132 e. The third-order valence-electron chi connectivity index (χ3n) is 2.17. The Labute approximate surface area is 100 Å². The van der Waals surface area contributed by atoms with E-state index < -0.39 is 0 Å². The number of methoxy groups -OCH3 is 1. The molecule has 1 aromatic heterocycles. The molecule has 1 aromatic rings. The molecule has 0 saturated carbocycles. The fraction of sp³-hybridized carbons (Fsp3) is 0.455. The van der Waals surface area contributed by atoms with Gasteiger partial charge in [0.15, 0.2) is 0 Å². The minimum absolute atomic E-state index is 0.295. The molecule has 0 atom stereocenters. The van der Waals surface area contributed by atoms with Crippen LogP contribution in [0.25, 0.3) is 0 Å². The number of nitriles is 1. The van der Waals surface area contributed by atoms with E-state index in [0.717, 1.165) is 0 Å². The summed E-state index contributed by atoms with van der Waals surface area (Å²) in [7, 11) is 1.65. The van der Waals surface area contributed by atoms with Crippen molar-refractivity contribution >= 4 is 17.4 Å². The summed E-state index contributed by atoms with van der Waals surface area (Å²) in [5.74, 6) is 0.578. The van der Waals surface area contributed by atoms with Gasteiger partial charge in [0.2, 0.25) is 0 Å². The van der Waals surface area contributed by atoms with Gasteiger partial charge in [0, 0.05) is 13.7 Å². The third-order valence-corrected chi connectivity index (χ3v) is 2.36. The van der Waals surface area contributed by atoms with Crippen molar-refractivity contribution in [2.45, 2.75) is 19.4 Å². The highest BCUT2D eigenvalue weighted by molar-refractivity contribution is 6.29. The van der Waals surface area contributed by atoms with Crippen molar-refractivity contribution in [1.82, 2.24) is 4.98 Å². The van der Waals surface area contributed by atoms with Gasteiger partial charge < -0.3 is 10.1 Å². The van der Waals surface area contributed by atoms with Gasteiger partial charge >= 0.3 is 0 Å². The molecule has 0 amide bonds. The molecule has 5 heteroatoms. The second-order valence-corrected chi connectivity index (χ2v) is 4.38. The Balaban J connectivity index is 2.75. The van der Waals surface area contributed by atoms with Crippen molar-refractivity contribution < 1.29 is 4.74 Å². The maximum Gasteiger partial charge on any atom is 0.132 e. The Morgan fingerprint density at radius 1 is 1.56 bits per heavy atom. The van der Waals surface area contributed by atoms with Gasteiger partial charge in [0.05, 0.1) is 17.2 Å². The number of nitrogens with zero attached hydrogens (tertiary/aromatic N) is 2. The van der Waals surface area contributed by atoms with Crippen molar-refractivity contribution in [2.24, 2.45) is 0 Å². The molecule has 0 aliphatic carbocycles. The topological polar surface area (TPSA) is 57.9 Å². The van der Waals surface area contributed by atoms with Gasteiger partial charge in [-0.2, -0.15) is 5.26 Å². The van der Waals surface area contributed by atoms with Gasteiger partial charge in [-0.25, -0.2) is 4.98 Å². The Morgan fingerprint density at radius 2 is 2.25 bits per heavy atom. The van der Waals surface area contributed by atoms with E-state index in [0.29, 0.717) is 23.1 Å². The predicted octanol–water partition coefficient (Wildman–Crippen LogP) is 2.44. The average Bonchev–Trinajstić information content (AvgIpc) is 2.26. The van der Waals surface area contributed by atoms with Crippen LogP contribution in [0.1, 0.15) is 19.4 Å². The molecule has 0 aromatic carbocycles. The largest absolute Gasteiger partial charge is 0.377 e. The van der Waals surface area contributed by atoms with Crippen LogP contribution in [0.2, 0.25) is 5.15 Å². The monoisotopic (exact) mass is 239 g/mol. The van der Waals surface area contributed by atoms with E-state index in [1.54, 1.807) is 13.2 Å². The summed E-state index contributed by atoms with van der Waals surface area (Å²) < 4.78 is 5.26. The SMILES string of the molecule is COC(C)(C)CNc1cc(C#N)cc(Cl)n1. The van der Waals surface area contributed by atoms with E-state index in [4.69, 9.17) is 21.6 Å². The zero-order valence-corrected chi connectivity index (χ0v) is 10.3. The van der Waals surface area contributed by atoms with Crippen molar-refractivity contribution in [1.29, 1.82) is 5.26 Å². The van der Waals surface area contributed by atoms with Gasteiger partial charge in [-0.15, -0.1) is 0 Å². The molecule has 0 spiro atoms. The first-order chi connectivity index (χ1) is 7.46. The third kappa shape index (κ3) is 3.69. The zero-order chi connectivity index (χ0) is 12.2. The quantitative estimate of drug-likeness (QED) is 0.820. The van der Waals surface area contributed by atoms with E-state index >= 15 is 0 Å². The summed E-state index contributed by atoms with van der Waals surface area (Å²) >= 11 is 5.78. The molecule has 0 saturated heterocycles. The summed E-state index contributed by atoms with van der Waals surface area (Å²) in [6.07, 6.45) is 0. The maximum absolute atomic E-state index is 8.77. The van der Waals surface area contributed by atoms with Gasteiger partial charge in [-0.1, -0.05) is 11.6 Å². The lowest BCUT2D eigenvalue weighted by Gasteiger charge is -2.23. The fourth-order valence-electron chi connectivity index (χ4n) is 1.03. The Kier molecular flexibility index (Phi) is 4.11. The molecule has 16 heavy (non-hydrogen) atoms. The molecular formula is C11H14ClN3O. The summed E-state index contributed by atoms with van der Waals surface area (Å²) in [5, 5.41) is 12.2. The van der Waals surface area contributed by atoms with E-state index in [-0.39, 0.29) is 5.60 Å². The number of hydrogen-bond donors (Lipinski definition) is 1. The first kappa shape index (κ1) is 12.8. The fourth-order valence-corrected chi connectivity index (χ4v) is 1.24. The molecule has 0 aliphatic heterocycles. The van der Waals surface area contributed by atoms with E-state index in [1.807, 2.05) is 19.9 Å². The van der Waals surface area contributed by atoms with Crippen LogP contribution in [-0.2, 0) is 4.74 Å². The maximum atomic E-state index is 8.77. The van der Waals surface area contributed by atoms with Crippen molar-refractivity contribution in [3.63, 3.8) is 0 Å². The van der Waals surface area contributed by atoms with Crippen LogP contribution in [0.5, 0.6) is 0 Å². The Morgan fingerprint density at radius 3 is 2.81 bits per heavy atom. The first-order valence-corrected chi connectivity index (χ1v) is 5.21. The summed E-state index contributed by atoms with van der Waals surface area (Å²) in [6.45, 7) is 4.49. The molecule has 0 unspecified atom stereocenters. The lowest BCUT2D eigenvalue weighted by molar-refractivity contribution is 0.0343. The standard InChI is InChI=1S/C11H14ClN3O/c1-11(2,16-3)7-14-10-5-8(6-13)4-9(12)15-10/h4-5H,7H2,1-3H3,(H,14,15). The Bertz CT molecular complexity index is 412. The van der Waals surface area contributed by atoms with Crippen molar-refractivity contribution in [3.8, 4) is 6.07 Å². The van der Waals surface area contributed by atoms with E-state index in [9.17, 15) is 0 Å². The van der Waals surface area contributed by atoms with Gasteiger partial charge in [-0.05, 0) is 26.0 Å². The number of pyridine rings is 1. The number of hydrogen-bond acceptors (Lipinski definition) is 4. The summed E-state index contributed by atoms with van der Waals surface area (Å²) in [6, 6.07) is 5.20. The number of halogens is 1. The number of nitrogens with one attached hydrogen (secondary N) is 1. The van der Waals surface area contributed by atoms with E-state index in [1.165, 1.54) is 6.07 Å².